The lowest BCUT2D eigenvalue weighted by atomic mass is 9.97. The van der Waals surface area contributed by atoms with Crippen molar-refractivity contribution in [2.24, 2.45) is 0 Å². The number of amides is 2. The molecule has 2 aromatic rings. The summed E-state index contributed by atoms with van der Waals surface area (Å²) in [4.78, 5) is 68.2. The third-order valence-corrected chi connectivity index (χ3v) is 10.2. The molecule has 5 atom stereocenters. The highest BCUT2D eigenvalue weighted by atomic mass is 16.7. The average molecular weight is 761 g/mol. The van der Waals surface area contributed by atoms with Gasteiger partial charge < -0.3 is 55.6 Å². The minimum Gasteiger partial charge on any atom is -0.481 e. The van der Waals surface area contributed by atoms with Crippen LogP contribution in [-0.4, -0.2) is 95.9 Å². The van der Waals surface area contributed by atoms with Crippen molar-refractivity contribution in [1.29, 1.82) is 0 Å². The molecular formula is C39H44N4O12. The quantitative estimate of drug-likeness (QED) is 0.125. The number of aliphatic hydroxyl groups excluding tert-OH is 3. The third-order valence-electron chi connectivity index (χ3n) is 10.2. The molecular weight excluding hydrogens is 716 g/mol. The van der Waals surface area contributed by atoms with Gasteiger partial charge in [0.2, 0.25) is 0 Å². The van der Waals surface area contributed by atoms with E-state index in [1.165, 1.54) is 6.08 Å². The second kappa shape index (κ2) is 16.3. The molecule has 0 aliphatic carbocycles. The van der Waals surface area contributed by atoms with E-state index in [1.807, 2.05) is 13.8 Å². The van der Waals surface area contributed by atoms with E-state index in [1.54, 1.807) is 32.1 Å². The molecule has 292 valence electrons. The van der Waals surface area contributed by atoms with Gasteiger partial charge in [0.15, 0.2) is 18.5 Å². The molecule has 0 saturated carbocycles. The zero-order valence-electron chi connectivity index (χ0n) is 30.7. The Labute approximate surface area is 315 Å². The summed E-state index contributed by atoms with van der Waals surface area (Å²) < 4.78 is 10.1. The number of aromatic nitrogens is 2. The number of nitrogens with one attached hydrogen (secondary N) is 4. The van der Waals surface area contributed by atoms with E-state index in [9.17, 15) is 49.5 Å². The summed E-state index contributed by atoms with van der Waals surface area (Å²) in [6.45, 7) is 14.7. The number of ether oxygens (including phenoxy) is 2. The van der Waals surface area contributed by atoms with Gasteiger partial charge in [-0.3, -0.25) is 19.2 Å². The molecule has 16 heteroatoms. The summed E-state index contributed by atoms with van der Waals surface area (Å²) in [5.74, 6) is -4.09. The number of H-pyrrole nitrogens is 2. The van der Waals surface area contributed by atoms with E-state index in [0.717, 1.165) is 11.1 Å². The van der Waals surface area contributed by atoms with E-state index in [4.69, 9.17) is 9.47 Å². The predicted molar refractivity (Wildman–Crippen MR) is 197 cm³/mol. The van der Waals surface area contributed by atoms with Crippen LogP contribution >= 0.6 is 0 Å². The van der Waals surface area contributed by atoms with Gasteiger partial charge in [-0.05, 0) is 80.5 Å². The molecule has 55 heavy (non-hydrogen) atoms. The zero-order chi connectivity index (χ0) is 40.5. The smallest absolute Gasteiger partial charge is 0.335 e. The summed E-state index contributed by atoms with van der Waals surface area (Å²) in [6.07, 6.45) is -3.11. The fourth-order valence-electron chi connectivity index (χ4n) is 7.01. The summed E-state index contributed by atoms with van der Waals surface area (Å²) in [7, 11) is 0. The second-order valence-corrected chi connectivity index (χ2v) is 13.5. The fourth-order valence-corrected chi connectivity index (χ4v) is 7.01. The lowest BCUT2D eigenvalue weighted by Crippen LogP contribution is -2.61. The molecule has 0 spiro atoms. The molecule has 1 fully saturated rings. The maximum absolute atomic E-state index is 13.2. The maximum atomic E-state index is 13.2. The van der Waals surface area contributed by atoms with Gasteiger partial charge in [-0.1, -0.05) is 25.3 Å². The Hall–Kier alpha value is -5.81. The monoisotopic (exact) mass is 760 g/mol. The highest BCUT2D eigenvalue weighted by Crippen LogP contribution is 2.32. The molecule has 0 bridgehead atoms. The normalized spacial score (nSPS) is 24.1. The molecule has 2 aromatic heterocycles. The van der Waals surface area contributed by atoms with Crippen LogP contribution in [0.1, 0.15) is 71.7 Å². The number of carbonyl (C=O) groups excluding carboxylic acids is 3. The molecule has 0 unspecified atom stereocenters. The van der Waals surface area contributed by atoms with Gasteiger partial charge in [-0.25, -0.2) is 4.79 Å². The Morgan fingerprint density at radius 2 is 1.31 bits per heavy atom. The van der Waals surface area contributed by atoms with Gasteiger partial charge in [0.25, 0.3) is 11.8 Å². The molecule has 5 rings (SSSR count). The van der Waals surface area contributed by atoms with Gasteiger partial charge in [-0.15, -0.1) is 0 Å². The van der Waals surface area contributed by atoms with Crippen LogP contribution in [0.2, 0.25) is 0 Å². The Kier molecular flexibility index (Phi) is 12.0. The van der Waals surface area contributed by atoms with E-state index < -0.39 is 48.6 Å². The molecule has 3 aliphatic rings. The number of carbonyl (C=O) groups is 5. The lowest BCUT2D eigenvalue weighted by Gasteiger charge is -2.38. The van der Waals surface area contributed by atoms with Crippen LogP contribution in [0.3, 0.4) is 0 Å². The number of aliphatic carboxylic acids is 2. The van der Waals surface area contributed by atoms with Crippen LogP contribution in [0.4, 0.5) is 0 Å². The van der Waals surface area contributed by atoms with Crippen LogP contribution in [0.5, 0.6) is 0 Å². The highest BCUT2D eigenvalue weighted by Gasteiger charge is 2.49. The van der Waals surface area contributed by atoms with Crippen LogP contribution in [0, 0.1) is 13.8 Å². The summed E-state index contributed by atoms with van der Waals surface area (Å²) in [5.41, 5.74) is 8.71. The van der Waals surface area contributed by atoms with Crippen molar-refractivity contribution in [1.82, 2.24) is 20.6 Å². The number of hydrogen-bond acceptors (Lipinski definition) is 10. The number of aromatic amines is 2. The van der Waals surface area contributed by atoms with Crippen LogP contribution in [0.25, 0.3) is 12.2 Å². The van der Waals surface area contributed by atoms with Crippen molar-refractivity contribution in [2.45, 2.75) is 90.5 Å². The SMILES string of the molecule is C=CC1=C(C)/C(=C/c2[nH]c(Cc3[nH]c(/C=C4\NC(=O)C(C)=C4C=C)c(C)c3CCC(=O)O)c(CCC(=O)O[C@@H]3[C@@H](O)[C@H](O)O[C@H](C(=O)O)[C@H]3O)c2C)NC1=O. The predicted octanol–water partition coefficient (Wildman–Crippen LogP) is 1.88. The third kappa shape index (κ3) is 8.17. The number of hydrogen-bond donors (Lipinski definition) is 9. The minimum absolute atomic E-state index is 0.0545. The second-order valence-electron chi connectivity index (χ2n) is 13.5. The minimum atomic E-state index is -2.03. The maximum Gasteiger partial charge on any atom is 0.335 e. The fraction of sp³-hybridized carbons (Fsp3) is 0.359. The Balaban J connectivity index is 1.52. The first-order valence-electron chi connectivity index (χ1n) is 17.4. The van der Waals surface area contributed by atoms with Crippen molar-refractivity contribution >= 4 is 41.9 Å². The first-order valence-corrected chi connectivity index (χ1v) is 17.4. The molecule has 16 nitrogen and oxygen atoms in total. The van der Waals surface area contributed by atoms with Crippen molar-refractivity contribution in [2.75, 3.05) is 0 Å². The molecule has 9 N–H and O–H groups in total. The van der Waals surface area contributed by atoms with Gasteiger partial charge in [0.1, 0.15) is 12.2 Å². The van der Waals surface area contributed by atoms with Gasteiger partial charge in [0.05, 0.1) is 5.70 Å². The summed E-state index contributed by atoms with van der Waals surface area (Å²) in [6, 6.07) is 0. The van der Waals surface area contributed by atoms with Gasteiger partial charge >= 0.3 is 17.9 Å². The van der Waals surface area contributed by atoms with Crippen molar-refractivity contribution in [3.63, 3.8) is 0 Å². The molecule has 0 aromatic carbocycles. The van der Waals surface area contributed by atoms with E-state index >= 15 is 0 Å². The van der Waals surface area contributed by atoms with E-state index in [0.29, 0.717) is 67.6 Å². The first kappa shape index (κ1) is 40.4. The van der Waals surface area contributed by atoms with Crippen molar-refractivity contribution in [3.8, 4) is 0 Å². The summed E-state index contributed by atoms with van der Waals surface area (Å²) in [5, 5.41) is 55.4. The van der Waals surface area contributed by atoms with E-state index in [2.05, 4.69) is 33.8 Å². The number of aliphatic hydroxyl groups is 3. The zero-order valence-corrected chi connectivity index (χ0v) is 30.7. The number of allylic oxidation sites excluding steroid dienone is 2. The van der Waals surface area contributed by atoms with E-state index in [-0.39, 0.29) is 43.9 Å². The number of rotatable bonds is 14. The lowest BCUT2D eigenvalue weighted by molar-refractivity contribution is -0.283. The average Bonchev–Trinajstić information content (AvgIpc) is 3.77. The van der Waals surface area contributed by atoms with Gasteiger partial charge in [0, 0.05) is 64.5 Å². The Morgan fingerprint density at radius 3 is 1.84 bits per heavy atom. The van der Waals surface area contributed by atoms with Crippen molar-refractivity contribution < 1.29 is 59.0 Å². The Morgan fingerprint density at radius 1 is 0.764 bits per heavy atom. The first-order chi connectivity index (χ1) is 26.0. The molecule has 2 amide bonds. The molecule has 3 aliphatic heterocycles. The highest BCUT2D eigenvalue weighted by molar-refractivity contribution is 6.03. The van der Waals surface area contributed by atoms with Crippen LogP contribution < -0.4 is 10.6 Å². The molecule has 5 heterocycles. The van der Waals surface area contributed by atoms with Gasteiger partial charge in [-0.2, -0.15) is 0 Å². The standard InChI is InChI=1S/C39H44N4O12/c1-7-20-19(6)36(49)43-27(20)14-25-17(4)22(9-11-30(44)45)28(41-25)15-29-23(18(5)24(40-29)13-26-16(3)21(8-2)37(50)42-26)10-12-31(46)54-34-32(47)35(38(51)52)55-39(53)33(34)48/h7-8,13-14,32-35,39-41,47-48,53H,1-2,9-12,15H2,3-6H3,(H,42,50)(H,43,49)(H,44,45)(H,51,52)/b26-13-,27-14-/t32-,33+,34-,35-,39+/m0/s1. The number of carboxylic acid groups (broad SMARTS) is 2. The topological polar surface area (TPSA) is 261 Å². The molecule has 0 radical (unpaired) electrons. The molecule has 1 saturated heterocycles. The number of carboxylic acids is 2. The van der Waals surface area contributed by atoms with Crippen molar-refractivity contribution in [3.05, 3.63) is 104 Å². The summed E-state index contributed by atoms with van der Waals surface area (Å²) >= 11 is 0. The largest absolute Gasteiger partial charge is 0.481 e. The Bertz CT molecular complexity index is 2110. The number of esters is 1. The van der Waals surface area contributed by atoms with Crippen LogP contribution in [-0.2, 0) is 52.7 Å². The van der Waals surface area contributed by atoms with Crippen LogP contribution in [0.15, 0.2) is 59.0 Å².